The van der Waals surface area contributed by atoms with Crippen molar-refractivity contribution in [2.45, 2.75) is 103 Å². The average Bonchev–Trinajstić information content (AvgIpc) is 2.81. The molecule has 4 atom stereocenters. The fraction of sp³-hybridized carbons (Fsp3) is 0.645. The number of benzene rings is 1. The highest BCUT2D eigenvalue weighted by atomic mass is 35.5. The molecule has 2 fully saturated rings. The Bertz CT molecular complexity index is 1040. The van der Waals surface area contributed by atoms with Crippen molar-refractivity contribution in [2.75, 3.05) is 36.0 Å². The van der Waals surface area contributed by atoms with Crippen molar-refractivity contribution in [3.05, 3.63) is 52.7 Å². The summed E-state index contributed by atoms with van der Waals surface area (Å²) in [5.74, 6) is 1.04. The number of morpholine rings is 2. The number of hydrogen-bond acceptors (Lipinski definition) is 5. The summed E-state index contributed by atoms with van der Waals surface area (Å²) in [4.78, 5) is 9.56. The Hall–Kier alpha value is -1.82. The van der Waals surface area contributed by atoms with Crippen LogP contribution < -0.4 is 9.80 Å². The van der Waals surface area contributed by atoms with E-state index >= 15 is 0 Å². The van der Waals surface area contributed by atoms with Gasteiger partial charge in [-0.1, -0.05) is 65.3 Å². The average molecular weight is 528 g/mol. The van der Waals surface area contributed by atoms with Crippen LogP contribution >= 0.6 is 11.6 Å². The van der Waals surface area contributed by atoms with Gasteiger partial charge in [0.2, 0.25) is 0 Å². The van der Waals surface area contributed by atoms with Crippen molar-refractivity contribution >= 4 is 23.1 Å². The minimum Gasteiger partial charge on any atom is -0.372 e. The molecule has 2 aliphatic heterocycles. The van der Waals surface area contributed by atoms with Gasteiger partial charge in [0.1, 0.15) is 5.82 Å². The molecule has 2 saturated heterocycles. The highest BCUT2D eigenvalue weighted by molar-refractivity contribution is 6.33. The van der Waals surface area contributed by atoms with Crippen LogP contribution in [0.3, 0.4) is 0 Å². The van der Waals surface area contributed by atoms with E-state index in [2.05, 4.69) is 95.5 Å². The van der Waals surface area contributed by atoms with Crippen molar-refractivity contribution in [1.82, 2.24) is 4.98 Å². The van der Waals surface area contributed by atoms with Gasteiger partial charge in [0.15, 0.2) is 0 Å². The maximum Gasteiger partial charge on any atom is 0.128 e. The molecule has 0 saturated carbocycles. The Balaban J connectivity index is 1.37. The topological polar surface area (TPSA) is 37.8 Å². The van der Waals surface area contributed by atoms with E-state index in [0.29, 0.717) is 0 Å². The summed E-state index contributed by atoms with van der Waals surface area (Å²) in [6.07, 6.45) is 4.59. The first kappa shape index (κ1) is 28.2. The first-order valence-electron chi connectivity index (χ1n) is 13.9. The van der Waals surface area contributed by atoms with E-state index in [4.69, 9.17) is 26.1 Å². The number of anilines is 2. The molecular formula is C31H46ClN3O2. The smallest absolute Gasteiger partial charge is 0.128 e. The summed E-state index contributed by atoms with van der Waals surface area (Å²) in [6, 6.07) is 10.9. The summed E-state index contributed by atoms with van der Waals surface area (Å²) in [7, 11) is 0. The Morgan fingerprint density at radius 1 is 0.784 bits per heavy atom. The van der Waals surface area contributed by atoms with Crippen LogP contribution in [0.15, 0.2) is 36.5 Å². The van der Waals surface area contributed by atoms with Crippen LogP contribution in [0.25, 0.3) is 0 Å². The van der Waals surface area contributed by atoms with Crippen LogP contribution in [0.5, 0.6) is 0 Å². The van der Waals surface area contributed by atoms with Crippen LogP contribution in [-0.2, 0) is 20.3 Å². The van der Waals surface area contributed by atoms with Crippen LogP contribution in [0.2, 0.25) is 5.02 Å². The second kappa shape index (κ2) is 11.1. The SMILES string of the molecule is C[C@@H]1CN(c2ccc(C(C)(C)C)cn2)C[C@H](CC[C@@H]2CN(c3ccc(C(C)(C)C)cc3Cl)C[C@H](C)O2)O1. The summed E-state index contributed by atoms with van der Waals surface area (Å²) in [5.41, 5.74) is 3.81. The largest absolute Gasteiger partial charge is 0.372 e. The maximum atomic E-state index is 6.77. The monoisotopic (exact) mass is 527 g/mol. The Morgan fingerprint density at radius 3 is 1.84 bits per heavy atom. The van der Waals surface area contributed by atoms with Crippen molar-refractivity contribution < 1.29 is 9.47 Å². The normalized spacial score (nSPS) is 25.4. The molecule has 37 heavy (non-hydrogen) atoms. The Kier molecular flexibility index (Phi) is 8.47. The third kappa shape index (κ3) is 7.19. The van der Waals surface area contributed by atoms with Gasteiger partial charge in [0.25, 0.3) is 0 Å². The third-order valence-corrected chi connectivity index (χ3v) is 7.86. The Morgan fingerprint density at radius 2 is 1.32 bits per heavy atom. The van der Waals surface area contributed by atoms with E-state index in [-0.39, 0.29) is 35.2 Å². The zero-order valence-corrected chi connectivity index (χ0v) is 24.8. The highest BCUT2D eigenvalue weighted by Crippen LogP contribution is 2.34. The van der Waals surface area contributed by atoms with E-state index in [9.17, 15) is 0 Å². The third-order valence-electron chi connectivity index (χ3n) is 7.56. The molecule has 6 heteroatoms. The molecule has 0 N–H and O–H groups in total. The van der Waals surface area contributed by atoms with Gasteiger partial charge in [-0.25, -0.2) is 4.98 Å². The molecule has 2 aliphatic rings. The van der Waals surface area contributed by atoms with Gasteiger partial charge >= 0.3 is 0 Å². The van der Waals surface area contributed by atoms with Crippen LogP contribution in [0, 0.1) is 0 Å². The number of hydrogen-bond donors (Lipinski definition) is 0. The van der Waals surface area contributed by atoms with Crippen molar-refractivity contribution in [2.24, 2.45) is 0 Å². The van der Waals surface area contributed by atoms with Crippen LogP contribution in [0.1, 0.15) is 79.4 Å². The van der Waals surface area contributed by atoms with Crippen molar-refractivity contribution in [3.8, 4) is 0 Å². The zero-order chi connectivity index (χ0) is 27.0. The fourth-order valence-electron chi connectivity index (χ4n) is 5.41. The van der Waals surface area contributed by atoms with Gasteiger partial charge in [0.05, 0.1) is 35.1 Å². The summed E-state index contributed by atoms with van der Waals surface area (Å²) >= 11 is 6.77. The molecule has 0 bridgehead atoms. The molecule has 0 unspecified atom stereocenters. The molecule has 204 valence electrons. The van der Waals surface area contributed by atoms with Gasteiger partial charge in [-0.15, -0.1) is 0 Å². The quantitative estimate of drug-likeness (QED) is 0.418. The molecule has 0 radical (unpaired) electrons. The summed E-state index contributed by atoms with van der Waals surface area (Å²) in [6.45, 7) is 21.1. The molecule has 2 aromatic rings. The summed E-state index contributed by atoms with van der Waals surface area (Å²) in [5, 5.41) is 0.824. The zero-order valence-electron chi connectivity index (χ0n) is 24.1. The van der Waals surface area contributed by atoms with E-state index in [1.165, 1.54) is 11.1 Å². The summed E-state index contributed by atoms with van der Waals surface area (Å²) < 4.78 is 12.7. The highest BCUT2D eigenvalue weighted by Gasteiger charge is 2.31. The first-order valence-corrected chi connectivity index (χ1v) is 14.2. The number of ether oxygens (including phenoxy) is 2. The number of halogens is 1. The number of pyridine rings is 1. The Labute approximate surface area is 229 Å². The minimum atomic E-state index is 0.0815. The molecule has 3 heterocycles. The van der Waals surface area contributed by atoms with Crippen LogP contribution in [-0.4, -0.2) is 55.6 Å². The second-order valence-electron chi connectivity index (χ2n) is 13.1. The molecular weight excluding hydrogens is 482 g/mol. The van der Waals surface area contributed by atoms with Crippen molar-refractivity contribution in [1.29, 1.82) is 0 Å². The second-order valence-corrected chi connectivity index (χ2v) is 13.5. The van der Waals surface area contributed by atoms with Gasteiger partial charge in [0, 0.05) is 32.4 Å². The van der Waals surface area contributed by atoms with Gasteiger partial charge < -0.3 is 19.3 Å². The molecule has 5 nitrogen and oxygen atoms in total. The molecule has 0 spiro atoms. The maximum absolute atomic E-state index is 6.77. The minimum absolute atomic E-state index is 0.0815. The standard InChI is InChI=1S/C31H46ClN3O2/c1-21-17-34(28-13-9-23(15-27(28)32)30(3,4)5)19-25(36-21)11-12-26-20-35(18-22(2)37-26)29-14-10-24(16-33-29)31(6,7)8/h9-10,13-16,21-22,25-26H,11-12,17-20H2,1-8H3/t21-,22+,25+,26-/m0/s1. The molecule has 4 rings (SSSR count). The van der Waals surface area contributed by atoms with E-state index in [1.807, 2.05) is 6.20 Å². The lowest BCUT2D eigenvalue weighted by atomic mass is 9.87. The molecule has 1 aromatic heterocycles. The fourth-order valence-corrected chi connectivity index (χ4v) is 5.71. The van der Waals surface area contributed by atoms with E-state index in [0.717, 1.165) is 55.5 Å². The predicted octanol–water partition coefficient (Wildman–Crippen LogP) is 7.00. The van der Waals surface area contributed by atoms with E-state index < -0.39 is 0 Å². The lowest BCUT2D eigenvalue weighted by Crippen LogP contribution is -2.49. The lowest BCUT2D eigenvalue weighted by Gasteiger charge is -2.41. The number of rotatable bonds is 5. The van der Waals surface area contributed by atoms with Gasteiger partial charge in [-0.2, -0.15) is 0 Å². The van der Waals surface area contributed by atoms with Crippen molar-refractivity contribution in [3.63, 3.8) is 0 Å². The molecule has 1 aromatic carbocycles. The first-order chi connectivity index (χ1) is 17.3. The lowest BCUT2D eigenvalue weighted by molar-refractivity contribution is -0.0488. The van der Waals surface area contributed by atoms with E-state index in [1.54, 1.807) is 0 Å². The van der Waals surface area contributed by atoms with Gasteiger partial charge in [-0.05, 0) is 66.8 Å². The predicted molar refractivity (Wildman–Crippen MR) is 155 cm³/mol. The molecule has 0 amide bonds. The number of nitrogens with zero attached hydrogens (tertiary/aromatic N) is 3. The van der Waals surface area contributed by atoms with Gasteiger partial charge in [-0.3, -0.25) is 0 Å². The van der Waals surface area contributed by atoms with Crippen LogP contribution in [0.4, 0.5) is 11.5 Å². The number of aromatic nitrogens is 1. The molecule has 0 aliphatic carbocycles.